The van der Waals surface area contributed by atoms with Crippen molar-refractivity contribution in [3.05, 3.63) is 0 Å². The predicted octanol–water partition coefficient (Wildman–Crippen LogP) is 2.43. The largest absolute Gasteiger partial charge is 0.444 e. The van der Waals surface area contributed by atoms with Gasteiger partial charge in [0.1, 0.15) is 5.60 Å². The first-order valence-corrected chi connectivity index (χ1v) is 8.03. The number of amides is 1. The summed E-state index contributed by atoms with van der Waals surface area (Å²) >= 11 is 0. The van der Waals surface area contributed by atoms with Crippen LogP contribution in [0.3, 0.4) is 0 Å². The van der Waals surface area contributed by atoms with E-state index in [1.165, 1.54) is 0 Å². The normalized spacial score (nSPS) is 25.4. The van der Waals surface area contributed by atoms with Gasteiger partial charge in [-0.2, -0.15) is 0 Å². The molecule has 1 rings (SSSR count). The molecule has 3 unspecified atom stereocenters. The van der Waals surface area contributed by atoms with Crippen LogP contribution in [0.4, 0.5) is 4.79 Å². The van der Waals surface area contributed by atoms with Gasteiger partial charge < -0.3 is 20.5 Å². The van der Waals surface area contributed by atoms with Crippen molar-refractivity contribution in [2.75, 3.05) is 13.2 Å². The third-order valence-corrected chi connectivity index (χ3v) is 4.24. The minimum Gasteiger partial charge on any atom is -0.444 e. The molecule has 3 N–H and O–H groups in total. The van der Waals surface area contributed by atoms with Crippen LogP contribution in [-0.2, 0) is 4.74 Å². The zero-order chi connectivity index (χ0) is 16.1. The molecule has 0 aromatic rings. The van der Waals surface area contributed by atoms with Crippen LogP contribution in [0, 0.1) is 5.41 Å². The fourth-order valence-electron chi connectivity index (χ4n) is 2.51. The second kappa shape index (κ2) is 7.45. The summed E-state index contributed by atoms with van der Waals surface area (Å²) in [4.78, 5) is 11.9. The Hall–Kier alpha value is -0.810. The van der Waals surface area contributed by atoms with E-state index < -0.39 is 5.60 Å². The van der Waals surface area contributed by atoms with Crippen molar-refractivity contribution < 1.29 is 14.6 Å². The van der Waals surface area contributed by atoms with Gasteiger partial charge in [-0.25, -0.2) is 4.79 Å². The van der Waals surface area contributed by atoms with Crippen molar-refractivity contribution in [1.29, 1.82) is 0 Å². The van der Waals surface area contributed by atoms with Gasteiger partial charge in [0.15, 0.2) is 0 Å². The Labute approximate surface area is 128 Å². The Morgan fingerprint density at radius 3 is 2.38 bits per heavy atom. The lowest BCUT2D eigenvalue weighted by Crippen LogP contribution is -2.50. The third-order valence-electron chi connectivity index (χ3n) is 4.24. The van der Waals surface area contributed by atoms with Gasteiger partial charge in [0, 0.05) is 30.7 Å². The molecule has 5 heteroatoms. The molecule has 0 aromatic heterocycles. The molecule has 1 fully saturated rings. The molecule has 1 aliphatic rings. The molecule has 0 radical (unpaired) electrons. The smallest absolute Gasteiger partial charge is 0.407 e. The van der Waals surface area contributed by atoms with E-state index >= 15 is 0 Å². The zero-order valence-electron chi connectivity index (χ0n) is 14.2. The third kappa shape index (κ3) is 6.22. The molecule has 1 amide bonds. The van der Waals surface area contributed by atoms with Gasteiger partial charge in [-0.05, 0) is 46.5 Å². The molecule has 0 aromatic carbocycles. The van der Waals surface area contributed by atoms with Crippen molar-refractivity contribution in [2.24, 2.45) is 5.41 Å². The van der Waals surface area contributed by atoms with Crippen LogP contribution in [-0.4, -0.2) is 42.0 Å². The quantitative estimate of drug-likeness (QED) is 0.704. The SMILES string of the molecule is CCC(C)(CO)CNC1CCCC1NC(=O)OC(C)(C)C. The van der Waals surface area contributed by atoms with Crippen LogP contribution >= 0.6 is 0 Å². The molecule has 5 nitrogen and oxygen atoms in total. The summed E-state index contributed by atoms with van der Waals surface area (Å²) in [6.45, 7) is 10.7. The maximum absolute atomic E-state index is 11.9. The minimum atomic E-state index is -0.469. The molecule has 0 heterocycles. The van der Waals surface area contributed by atoms with Crippen LogP contribution in [0.5, 0.6) is 0 Å². The van der Waals surface area contributed by atoms with Crippen LogP contribution in [0.1, 0.15) is 60.3 Å². The van der Waals surface area contributed by atoms with Gasteiger partial charge in [0.25, 0.3) is 0 Å². The van der Waals surface area contributed by atoms with Crippen LogP contribution in [0.15, 0.2) is 0 Å². The molecule has 0 spiro atoms. The number of aliphatic hydroxyl groups is 1. The van der Waals surface area contributed by atoms with Crippen molar-refractivity contribution >= 4 is 6.09 Å². The zero-order valence-corrected chi connectivity index (χ0v) is 14.2. The lowest BCUT2D eigenvalue weighted by molar-refractivity contribution is 0.0495. The summed E-state index contributed by atoms with van der Waals surface area (Å²) in [5, 5.41) is 16.0. The van der Waals surface area contributed by atoms with E-state index in [-0.39, 0.29) is 30.2 Å². The van der Waals surface area contributed by atoms with E-state index in [1.54, 1.807) is 0 Å². The first-order valence-electron chi connectivity index (χ1n) is 8.03. The fraction of sp³-hybridized carbons (Fsp3) is 0.938. The molecule has 0 saturated heterocycles. The molecule has 0 aliphatic heterocycles. The molecule has 1 saturated carbocycles. The number of alkyl carbamates (subject to hydrolysis) is 1. The first-order chi connectivity index (χ1) is 9.69. The number of carbonyl (C=O) groups is 1. The van der Waals surface area contributed by atoms with E-state index in [0.29, 0.717) is 0 Å². The van der Waals surface area contributed by atoms with Gasteiger partial charge in [-0.1, -0.05) is 13.8 Å². The predicted molar refractivity (Wildman–Crippen MR) is 84.3 cm³/mol. The van der Waals surface area contributed by atoms with Gasteiger partial charge in [0.2, 0.25) is 0 Å². The molecular formula is C16H32N2O3. The lowest BCUT2D eigenvalue weighted by Gasteiger charge is -2.30. The van der Waals surface area contributed by atoms with E-state index in [9.17, 15) is 9.90 Å². The summed E-state index contributed by atoms with van der Waals surface area (Å²) in [6, 6.07) is 0.370. The first kappa shape index (κ1) is 18.2. The number of nitrogens with one attached hydrogen (secondary N) is 2. The fourth-order valence-corrected chi connectivity index (χ4v) is 2.51. The second-order valence-electron chi connectivity index (χ2n) is 7.49. The Bertz CT molecular complexity index is 335. The van der Waals surface area contributed by atoms with Gasteiger partial charge in [-0.3, -0.25) is 0 Å². The van der Waals surface area contributed by atoms with Crippen LogP contribution < -0.4 is 10.6 Å². The molecule has 21 heavy (non-hydrogen) atoms. The van der Waals surface area contributed by atoms with Crippen molar-refractivity contribution in [2.45, 2.75) is 78.0 Å². The number of carbonyl (C=O) groups excluding carboxylic acids is 1. The number of ether oxygens (including phenoxy) is 1. The highest BCUT2D eigenvalue weighted by Crippen LogP contribution is 2.23. The summed E-state index contributed by atoms with van der Waals surface area (Å²) in [7, 11) is 0. The summed E-state index contributed by atoms with van der Waals surface area (Å²) in [6.07, 6.45) is 3.69. The maximum Gasteiger partial charge on any atom is 0.407 e. The Morgan fingerprint density at radius 2 is 1.86 bits per heavy atom. The van der Waals surface area contributed by atoms with Crippen molar-refractivity contribution in [3.8, 4) is 0 Å². The van der Waals surface area contributed by atoms with Crippen molar-refractivity contribution in [3.63, 3.8) is 0 Å². The van der Waals surface area contributed by atoms with E-state index in [4.69, 9.17) is 4.74 Å². The molecule has 3 atom stereocenters. The Morgan fingerprint density at radius 1 is 1.24 bits per heavy atom. The Balaban J connectivity index is 2.46. The van der Waals surface area contributed by atoms with Gasteiger partial charge in [-0.15, -0.1) is 0 Å². The second-order valence-corrected chi connectivity index (χ2v) is 7.49. The van der Waals surface area contributed by atoms with E-state index in [0.717, 1.165) is 32.2 Å². The maximum atomic E-state index is 11.9. The monoisotopic (exact) mass is 300 g/mol. The number of aliphatic hydroxyl groups excluding tert-OH is 1. The topological polar surface area (TPSA) is 70.6 Å². The number of rotatable bonds is 6. The van der Waals surface area contributed by atoms with E-state index in [2.05, 4.69) is 24.5 Å². The van der Waals surface area contributed by atoms with Crippen LogP contribution in [0.2, 0.25) is 0 Å². The van der Waals surface area contributed by atoms with Gasteiger partial charge in [0.05, 0.1) is 0 Å². The lowest BCUT2D eigenvalue weighted by atomic mass is 9.88. The Kier molecular flexibility index (Phi) is 6.47. The summed E-state index contributed by atoms with van der Waals surface area (Å²) in [5.41, 5.74) is -0.567. The molecular weight excluding hydrogens is 268 g/mol. The highest BCUT2D eigenvalue weighted by Gasteiger charge is 2.31. The average molecular weight is 300 g/mol. The number of hydrogen-bond donors (Lipinski definition) is 3. The minimum absolute atomic E-state index is 0.0982. The summed E-state index contributed by atoms with van der Waals surface area (Å²) in [5.74, 6) is 0. The highest BCUT2D eigenvalue weighted by molar-refractivity contribution is 5.68. The molecule has 0 bridgehead atoms. The summed E-state index contributed by atoms with van der Waals surface area (Å²) < 4.78 is 5.32. The van der Waals surface area contributed by atoms with Gasteiger partial charge >= 0.3 is 6.09 Å². The van der Waals surface area contributed by atoms with E-state index in [1.807, 2.05) is 20.8 Å². The standard InChI is InChI=1S/C16H32N2O3/c1-6-16(5,11-19)10-17-12-8-7-9-13(12)18-14(20)21-15(2,3)4/h12-13,17,19H,6-11H2,1-5H3,(H,18,20). The van der Waals surface area contributed by atoms with Crippen LogP contribution in [0.25, 0.3) is 0 Å². The highest BCUT2D eigenvalue weighted by atomic mass is 16.6. The number of hydrogen-bond acceptors (Lipinski definition) is 4. The van der Waals surface area contributed by atoms with Crippen molar-refractivity contribution in [1.82, 2.24) is 10.6 Å². The molecule has 1 aliphatic carbocycles. The average Bonchev–Trinajstić information content (AvgIpc) is 2.81. The molecule has 124 valence electrons.